The van der Waals surface area contributed by atoms with Crippen molar-refractivity contribution in [2.45, 2.75) is 13.2 Å². The van der Waals surface area contributed by atoms with Crippen molar-refractivity contribution >= 4 is 29.0 Å². The van der Waals surface area contributed by atoms with Crippen LogP contribution in [0.1, 0.15) is 12.5 Å². The number of rotatable bonds is 5. The van der Waals surface area contributed by atoms with Gasteiger partial charge in [-0.15, -0.1) is 0 Å². The summed E-state index contributed by atoms with van der Waals surface area (Å²) in [6.07, 6.45) is -0.509. The maximum Gasteiger partial charge on any atom is 0.343 e. The molecular weight excluding hydrogens is 336 g/mol. The number of carbonyl (C=O) groups excluding carboxylic acids is 1. The molecule has 8 nitrogen and oxygen atoms in total. The van der Waals surface area contributed by atoms with E-state index in [2.05, 4.69) is 10.3 Å². The van der Waals surface area contributed by atoms with Crippen LogP contribution in [0, 0.1) is 10.1 Å². The summed E-state index contributed by atoms with van der Waals surface area (Å²) in [7, 11) is 3.57. The molecule has 0 aromatic heterocycles. The zero-order valence-electron chi connectivity index (χ0n) is 13.4. The third-order valence-electron chi connectivity index (χ3n) is 3.26. The van der Waals surface area contributed by atoms with Crippen molar-refractivity contribution in [3.63, 3.8) is 0 Å². The molecule has 0 radical (unpaired) electrons. The number of halogens is 1. The second-order valence-electron chi connectivity index (χ2n) is 5.18. The Morgan fingerprint density at radius 3 is 2.79 bits per heavy atom. The van der Waals surface area contributed by atoms with Crippen LogP contribution in [0.4, 0.5) is 5.69 Å². The van der Waals surface area contributed by atoms with Gasteiger partial charge in [-0.1, -0.05) is 23.7 Å². The molecule has 0 fully saturated rings. The van der Waals surface area contributed by atoms with Crippen LogP contribution in [-0.4, -0.2) is 48.5 Å². The molecule has 0 aliphatic carbocycles. The molecule has 0 saturated carbocycles. The van der Waals surface area contributed by atoms with Gasteiger partial charge in [-0.3, -0.25) is 15.0 Å². The molecule has 9 heteroatoms. The van der Waals surface area contributed by atoms with E-state index in [0.717, 1.165) is 0 Å². The third kappa shape index (κ3) is 3.72. The number of non-ortho nitro benzene ring substituents is 1. The van der Waals surface area contributed by atoms with Crippen molar-refractivity contribution in [1.82, 2.24) is 10.2 Å². The third-order valence-corrected chi connectivity index (χ3v) is 3.56. The van der Waals surface area contributed by atoms with Crippen molar-refractivity contribution in [2.24, 2.45) is 4.99 Å². The van der Waals surface area contributed by atoms with Gasteiger partial charge in [-0.05, 0) is 21.0 Å². The predicted octanol–water partition coefficient (Wildman–Crippen LogP) is 1.85. The smallest absolute Gasteiger partial charge is 0.343 e. The number of nitro groups is 1. The lowest BCUT2D eigenvalue weighted by molar-refractivity contribution is -0.384. The number of nitrogens with one attached hydrogen (secondary N) is 1. The summed E-state index contributed by atoms with van der Waals surface area (Å²) < 4.78 is 5.03. The fourth-order valence-corrected chi connectivity index (χ4v) is 2.39. The lowest BCUT2D eigenvalue weighted by atomic mass is 10.0. The summed E-state index contributed by atoms with van der Waals surface area (Å²) in [6.45, 7) is 1.85. The maximum atomic E-state index is 12.3. The Kier molecular flexibility index (Phi) is 5.53. The van der Waals surface area contributed by atoms with Crippen molar-refractivity contribution in [2.75, 3.05) is 20.7 Å². The molecule has 1 aromatic carbocycles. The number of hydrogen-bond acceptors (Lipinski definition) is 7. The minimum Gasteiger partial charge on any atom is -0.462 e. The van der Waals surface area contributed by atoms with E-state index in [9.17, 15) is 14.9 Å². The van der Waals surface area contributed by atoms with Crippen LogP contribution in [0.15, 0.2) is 40.0 Å². The van der Waals surface area contributed by atoms with E-state index >= 15 is 0 Å². The van der Waals surface area contributed by atoms with Crippen molar-refractivity contribution in [3.05, 3.63) is 50.7 Å². The van der Waals surface area contributed by atoms with E-state index in [-0.39, 0.29) is 28.7 Å². The highest BCUT2D eigenvalue weighted by atomic mass is 35.5. The molecule has 1 aromatic rings. The average Bonchev–Trinajstić information content (AvgIpc) is 2.54. The first-order valence-electron chi connectivity index (χ1n) is 7.18. The van der Waals surface area contributed by atoms with Gasteiger partial charge < -0.3 is 10.1 Å². The summed E-state index contributed by atoms with van der Waals surface area (Å²) in [6, 6.07) is 5.87. The minimum atomic E-state index is -0.641. The monoisotopic (exact) mass is 352 g/mol. The molecule has 0 spiro atoms. The number of hydrogen-bond donors (Lipinski definition) is 1. The van der Waals surface area contributed by atoms with Crippen LogP contribution >= 0.6 is 11.6 Å². The van der Waals surface area contributed by atoms with Gasteiger partial charge in [-0.25, -0.2) is 9.79 Å². The summed E-state index contributed by atoms with van der Waals surface area (Å²) in [4.78, 5) is 29.0. The Balaban J connectivity index is 2.56. The second kappa shape index (κ2) is 7.41. The van der Waals surface area contributed by atoms with Crippen LogP contribution in [-0.2, 0) is 9.53 Å². The first kappa shape index (κ1) is 17.9. The number of nitrogens with zero attached hydrogens (tertiary/aromatic N) is 3. The summed E-state index contributed by atoms with van der Waals surface area (Å²) in [5.74, 6) is -0.641. The highest BCUT2D eigenvalue weighted by molar-refractivity contribution is 6.39. The van der Waals surface area contributed by atoms with Gasteiger partial charge in [0.25, 0.3) is 5.69 Å². The Morgan fingerprint density at radius 2 is 2.21 bits per heavy atom. The van der Waals surface area contributed by atoms with E-state index in [1.165, 1.54) is 18.2 Å². The zero-order chi connectivity index (χ0) is 17.9. The van der Waals surface area contributed by atoms with Crippen molar-refractivity contribution < 1.29 is 14.5 Å². The summed E-state index contributed by atoms with van der Waals surface area (Å²) >= 11 is 6.23. The Morgan fingerprint density at radius 1 is 1.50 bits per heavy atom. The number of esters is 1. The normalized spacial score (nSPS) is 17.4. The van der Waals surface area contributed by atoms with Gasteiger partial charge >= 0.3 is 5.97 Å². The van der Waals surface area contributed by atoms with E-state index in [1.54, 1.807) is 32.0 Å². The predicted molar refractivity (Wildman–Crippen MR) is 89.8 cm³/mol. The van der Waals surface area contributed by atoms with Crippen molar-refractivity contribution in [3.8, 4) is 0 Å². The summed E-state index contributed by atoms with van der Waals surface area (Å²) in [5, 5.41) is 14.0. The van der Waals surface area contributed by atoms with E-state index in [4.69, 9.17) is 16.3 Å². The first-order chi connectivity index (χ1) is 11.3. The standard InChI is InChI=1S/C15H17ClN4O4/c1-4-24-14(21)11-12(17-15(19(2)3)18-13(11)16)9-6-5-7-10(8-9)20(22)23/h5-8,15,18H,4H2,1-3H3. The second-order valence-corrected chi connectivity index (χ2v) is 5.55. The highest BCUT2D eigenvalue weighted by Gasteiger charge is 2.30. The number of nitro benzene ring substituents is 1. The van der Waals surface area contributed by atoms with E-state index in [0.29, 0.717) is 5.56 Å². The average molecular weight is 353 g/mol. The molecule has 0 saturated heterocycles. The van der Waals surface area contributed by atoms with E-state index < -0.39 is 17.2 Å². The number of carbonyl (C=O) groups is 1. The van der Waals surface area contributed by atoms with Gasteiger partial charge in [0, 0.05) is 17.7 Å². The van der Waals surface area contributed by atoms with Gasteiger partial charge in [0.2, 0.25) is 0 Å². The van der Waals surface area contributed by atoms with E-state index in [1.807, 2.05) is 0 Å². The van der Waals surface area contributed by atoms with Crippen LogP contribution < -0.4 is 5.32 Å². The molecule has 1 aliphatic heterocycles. The lowest BCUT2D eigenvalue weighted by Crippen LogP contribution is -2.44. The number of benzene rings is 1. The zero-order valence-corrected chi connectivity index (χ0v) is 14.2. The van der Waals surface area contributed by atoms with Crippen molar-refractivity contribution in [1.29, 1.82) is 0 Å². The molecule has 1 N–H and O–H groups in total. The highest BCUT2D eigenvalue weighted by Crippen LogP contribution is 2.24. The molecule has 1 unspecified atom stereocenters. The molecule has 1 aliphatic rings. The van der Waals surface area contributed by atoms with Crippen LogP contribution in [0.5, 0.6) is 0 Å². The van der Waals surface area contributed by atoms with Crippen LogP contribution in [0.3, 0.4) is 0 Å². The number of aliphatic imine (C=N–C) groups is 1. The largest absolute Gasteiger partial charge is 0.462 e. The Labute approximate surface area is 143 Å². The quantitative estimate of drug-likeness (QED) is 0.376. The molecule has 0 amide bonds. The molecule has 24 heavy (non-hydrogen) atoms. The topological polar surface area (TPSA) is 97.1 Å². The first-order valence-corrected chi connectivity index (χ1v) is 7.55. The van der Waals surface area contributed by atoms with Gasteiger partial charge in [-0.2, -0.15) is 0 Å². The number of ether oxygens (including phenoxy) is 1. The fourth-order valence-electron chi connectivity index (χ4n) is 2.13. The van der Waals surface area contributed by atoms with Gasteiger partial charge in [0.05, 0.1) is 17.2 Å². The summed E-state index contributed by atoms with van der Waals surface area (Å²) in [5.41, 5.74) is 0.616. The molecular formula is C15H17ClN4O4. The van der Waals surface area contributed by atoms with Gasteiger partial charge in [0.15, 0.2) is 6.29 Å². The SMILES string of the molecule is CCOC(=O)C1=C(Cl)NC(N(C)C)N=C1c1cccc([N+](=O)[O-])c1. The molecule has 0 bridgehead atoms. The van der Waals surface area contributed by atoms with Crippen LogP contribution in [0.2, 0.25) is 0 Å². The Hall–Kier alpha value is -2.45. The Bertz CT molecular complexity index is 730. The molecule has 1 heterocycles. The lowest BCUT2D eigenvalue weighted by Gasteiger charge is -2.28. The molecule has 2 rings (SSSR count). The minimum absolute atomic E-state index is 0.0529. The fraction of sp³-hybridized carbons (Fsp3) is 0.333. The maximum absolute atomic E-state index is 12.3. The van der Waals surface area contributed by atoms with Crippen LogP contribution in [0.25, 0.3) is 0 Å². The molecule has 1 atom stereocenters. The molecule has 128 valence electrons. The van der Waals surface area contributed by atoms with Gasteiger partial charge in [0.1, 0.15) is 10.7 Å².